The first-order chi connectivity index (χ1) is 9.64. The van der Waals surface area contributed by atoms with Crippen LogP contribution in [0.1, 0.15) is 12.6 Å². The molecular weight excluding hydrogens is 304 g/mol. The van der Waals surface area contributed by atoms with Gasteiger partial charge in [-0.1, -0.05) is 0 Å². The zero-order valence-electron chi connectivity index (χ0n) is 10.4. The van der Waals surface area contributed by atoms with Crippen LogP contribution in [0, 0.1) is 15.9 Å². The predicted octanol–water partition coefficient (Wildman–Crippen LogP) is 2.13. The number of ether oxygens (including phenoxy) is 2. The molecule has 1 heterocycles. The average molecular weight is 312 g/mol. The molecule has 0 saturated carbocycles. The fourth-order valence-corrected chi connectivity index (χ4v) is 1.30. The van der Waals surface area contributed by atoms with E-state index in [9.17, 15) is 32.5 Å². The lowest BCUT2D eigenvalue weighted by atomic mass is 10.2. The van der Waals surface area contributed by atoms with Gasteiger partial charge in [0.15, 0.2) is 5.75 Å². The summed E-state index contributed by atoms with van der Waals surface area (Å²) in [6.07, 6.45) is -6.12. The third-order valence-corrected chi connectivity index (χ3v) is 2.01. The molecule has 7 nitrogen and oxygen atoms in total. The van der Waals surface area contributed by atoms with E-state index in [1.54, 1.807) is 0 Å². The van der Waals surface area contributed by atoms with E-state index in [2.05, 4.69) is 14.5 Å². The summed E-state index contributed by atoms with van der Waals surface area (Å²) in [5.74, 6) is -5.15. The maximum atomic E-state index is 13.7. The molecule has 0 radical (unpaired) electrons. The van der Waals surface area contributed by atoms with Gasteiger partial charge in [-0.05, 0) is 16.8 Å². The van der Waals surface area contributed by atoms with Crippen molar-refractivity contribution in [3.05, 3.63) is 27.7 Å². The van der Waals surface area contributed by atoms with Crippen molar-refractivity contribution >= 4 is 11.8 Å². The highest BCUT2D eigenvalue weighted by Gasteiger charge is 2.35. The van der Waals surface area contributed by atoms with Crippen LogP contribution in [0.2, 0.25) is 0 Å². The quantitative estimate of drug-likeness (QED) is 0.358. The molecule has 0 N–H and O–H groups in total. The third kappa shape index (κ3) is 4.85. The number of halogens is 4. The Morgan fingerprint density at radius 3 is 2.57 bits per heavy atom. The fraction of sp³-hybridized carbons (Fsp3) is 0.400. The number of esters is 1. The van der Waals surface area contributed by atoms with Gasteiger partial charge in [0, 0.05) is 0 Å². The van der Waals surface area contributed by atoms with Crippen LogP contribution in [-0.2, 0) is 16.0 Å². The smallest absolute Gasteiger partial charge is 0.466 e. The van der Waals surface area contributed by atoms with Gasteiger partial charge in [0.25, 0.3) is 0 Å². The average Bonchev–Trinajstić information content (AvgIpc) is 2.32. The highest BCUT2D eigenvalue weighted by Crippen LogP contribution is 2.30. The van der Waals surface area contributed by atoms with E-state index in [-0.39, 0.29) is 12.7 Å². The number of hydrogen-bond acceptors (Lipinski definition) is 6. The Kier molecular flexibility index (Phi) is 5.00. The van der Waals surface area contributed by atoms with Crippen LogP contribution in [0.3, 0.4) is 0 Å². The van der Waals surface area contributed by atoms with Gasteiger partial charge >= 0.3 is 18.1 Å². The Balaban J connectivity index is 3.22. The second-order valence-corrected chi connectivity index (χ2v) is 3.53. The summed E-state index contributed by atoms with van der Waals surface area (Å²) in [5, 5.41) is 10.6. The summed E-state index contributed by atoms with van der Waals surface area (Å²) in [7, 11) is 0. The van der Waals surface area contributed by atoms with Gasteiger partial charge < -0.3 is 19.6 Å². The highest BCUT2D eigenvalue weighted by atomic mass is 19.4. The third-order valence-electron chi connectivity index (χ3n) is 2.01. The van der Waals surface area contributed by atoms with E-state index in [1.165, 1.54) is 6.92 Å². The standard InChI is InChI=1S/C10H8F4N2O5/c1-2-20-8(17)3-5-9(11)6(21-10(12,13)14)4-7(15-5)16(18)19/h4H,2-3H2,1H3. The number of hydrogen-bond donors (Lipinski definition) is 0. The minimum Gasteiger partial charge on any atom is -0.466 e. The highest BCUT2D eigenvalue weighted by molar-refractivity contribution is 5.72. The summed E-state index contributed by atoms with van der Waals surface area (Å²) in [6.45, 7) is 1.40. The zero-order valence-corrected chi connectivity index (χ0v) is 10.4. The van der Waals surface area contributed by atoms with Crippen LogP contribution >= 0.6 is 0 Å². The number of alkyl halides is 3. The number of nitrogens with zero attached hydrogens (tertiary/aromatic N) is 2. The first-order valence-electron chi connectivity index (χ1n) is 5.39. The Morgan fingerprint density at radius 2 is 2.10 bits per heavy atom. The van der Waals surface area contributed by atoms with Crippen LogP contribution in [0.15, 0.2) is 6.07 Å². The molecule has 1 aromatic heterocycles. The second-order valence-electron chi connectivity index (χ2n) is 3.53. The number of nitro groups is 1. The van der Waals surface area contributed by atoms with Crippen molar-refractivity contribution in [1.82, 2.24) is 4.98 Å². The lowest BCUT2D eigenvalue weighted by Gasteiger charge is -2.10. The Morgan fingerprint density at radius 1 is 1.48 bits per heavy atom. The molecule has 0 aliphatic rings. The molecule has 0 atom stereocenters. The molecule has 0 aliphatic heterocycles. The molecule has 0 saturated heterocycles. The van der Waals surface area contributed by atoms with Crippen LogP contribution in [-0.4, -0.2) is 28.8 Å². The van der Waals surface area contributed by atoms with Crippen molar-refractivity contribution in [2.75, 3.05) is 6.61 Å². The van der Waals surface area contributed by atoms with Crippen molar-refractivity contribution in [1.29, 1.82) is 0 Å². The van der Waals surface area contributed by atoms with Gasteiger partial charge in [-0.2, -0.15) is 4.39 Å². The van der Waals surface area contributed by atoms with Crippen LogP contribution in [0.5, 0.6) is 5.75 Å². The van der Waals surface area contributed by atoms with Gasteiger partial charge in [-0.3, -0.25) is 4.79 Å². The van der Waals surface area contributed by atoms with Crippen LogP contribution < -0.4 is 4.74 Å². The molecular formula is C10H8F4N2O5. The van der Waals surface area contributed by atoms with E-state index in [4.69, 9.17) is 0 Å². The molecule has 1 rings (SSSR count). The number of carbonyl (C=O) groups excluding carboxylic acids is 1. The summed E-state index contributed by atoms with van der Waals surface area (Å²) in [5.41, 5.74) is -0.873. The fourth-order valence-electron chi connectivity index (χ4n) is 1.30. The topological polar surface area (TPSA) is 91.6 Å². The Bertz CT molecular complexity index is 561. The second kappa shape index (κ2) is 6.33. The molecule has 0 unspecified atom stereocenters. The molecule has 1 aromatic rings. The van der Waals surface area contributed by atoms with Crippen LogP contribution in [0.25, 0.3) is 0 Å². The molecule has 0 bridgehead atoms. The Labute approximate surface area is 114 Å². The van der Waals surface area contributed by atoms with Crippen molar-refractivity contribution in [3.63, 3.8) is 0 Å². The minimum absolute atomic E-state index is 0.0543. The van der Waals surface area contributed by atoms with E-state index < -0.39 is 46.8 Å². The van der Waals surface area contributed by atoms with E-state index >= 15 is 0 Å². The zero-order chi connectivity index (χ0) is 16.2. The molecule has 0 aromatic carbocycles. The maximum Gasteiger partial charge on any atom is 0.573 e. The maximum absolute atomic E-state index is 13.7. The predicted molar refractivity (Wildman–Crippen MR) is 57.9 cm³/mol. The number of aromatic nitrogens is 1. The molecule has 0 fully saturated rings. The lowest BCUT2D eigenvalue weighted by molar-refractivity contribution is -0.389. The van der Waals surface area contributed by atoms with Crippen molar-refractivity contribution in [2.24, 2.45) is 0 Å². The summed E-state index contributed by atoms with van der Waals surface area (Å²) < 4.78 is 57.8. The van der Waals surface area contributed by atoms with Gasteiger partial charge in [0.05, 0.1) is 12.7 Å². The van der Waals surface area contributed by atoms with Crippen molar-refractivity contribution < 1.29 is 36.8 Å². The van der Waals surface area contributed by atoms with Crippen LogP contribution in [0.4, 0.5) is 23.4 Å². The minimum atomic E-state index is -5.25. The number of carbonyl (C=O) groups is 1. The number of pyridine rings is 1. The number of rotatable bonds is 5. The first-order valence-corrected chi connectivity index (χ1v) is 5.39. The molecule has 0 spiro atoms. The van der Waals surface area contributed by atoms with E-state index in [0.717, 1.165) is 0 Å². The van der Waals surface area contributed by atoms with Gasteiger partial charge in [-0.25, -0.2) is 0 Å². The molecule has 0 aliphatic carbocycles. The van der Waals surface area contributed by atoms with E-state index in [1.807, 2.05) is 0 Å². The monoisotopic (exact) mass is 312 g/mol. The molecule has 116 valence electrons. The summed E-state index contributed by atoms with van der Waals surface area (Å²) in [4.78, 5) is 23.8. The van der Waals surface area contributed by atoms with E-state index in [0.29, 0.717) is 0 Å². The molecule has 11 heteroatoms. The SMILES string of the molecule is CCOC(=O)Cc1nc([N+](=O)[O-])cc(OC(F)(F)F)c1F. The molecule has 0 amide bonds. The lowest BCUT2D eigenvalue weighted by Crippen LogP contribution is -2.19. The van der Waals surface area contributed by atoms with Crippen molar-refractivity contribution in [2.45, 2.75) is 19.7 Å². The van der Waals surface area contributed by atoms with Crippen molar-refractivity contribution in [3.8, 4) is 5.75 Å². The largest absolute Gasteiger partial charge is 0.573 e. The van der Waals surface area contributed by atoms with Gasteiger partial charge in [-0.15, -0.1) is 13.2 Å². The van der Waals surface area contributed by atoms with Gasteiger partial charge in [0.1, 0.15) is 6.42 Å². The normalized spacial score (nSPS) is 11.1. The summed E-state index contributed by atoms with van der Waals surface area (Å²) in [6, 6.07) is 0.178. The van der Waals surface area contributed by atoms with Gasteiger partial charge in [0.2, 0.25) is 11.5 Å². The first kappa shape index (κ1) is 16.6. The molecule has 21 heavy (non-hydrogen) atoms. The Hall–Kier alpha value is -2.46. The summed E-state index contributed by atoms with van der Waals surface area (Å²) >= 11 is 0.